The molecule has 4 heteroatoms. The van der Waals surface area contributed by atoms with Crippen LogP contribution >= 0.6 is 11.6 Å². The third-order valence-corrected chi connectivity index (χ3v) is 3.56. The second-order valence-electron chi connectivity index (χ2n) is 4.56. The third kappa shape index (κ3) is 3.12. The summed E-state index contributed by atoms with van der Waals surface area (Å²) in [7, 11) is 0. The molecule has 0 spiro atoms. The molecular formula is C13H16ClN3. The van der Waals surface area contributed by atoms with Crippen LogP contribution in [0.2, 0.25) is 5.02 Å². The Morgan fingerprint density at radius 3 is 2.65 bits per heavy atom. The Kier molecular flexibility index (Phi) is 3.88. The van der Waals surface area contributed by atoms with Crippen molar-refractivity contribution in [2.75, 3.05) is 5.32 Å². The summed E-state index contributed by atoms with van der Waals surface area (Å²) in [6.07, 6.45) is 4.31. The maximum atomic E-state index is 8.90. The zero-order chi connectivity index (χ0) is 12.3. The summed E-state index contributed by atoms with van der Waals surface area (Å²) >= 11 is 5.89. The van der Waals surface area contributed by atoms with Crippen molar-refractivity contribution in [3.05, 3.63) is 28.8 Å². The lowest BCUT2D eigenvalue weighted by atomic mass is 9.91. The minimum Gasteiger partial charge on any atom is -0.382 e. The molecule has 3 nitrogen and oxygen atoms in total. The minimum absolute atomic E-state index is 0.355. The number of nitriles is 1. The molecular weight excluding hydrogens is 234 g/mol. The van der Waals surface area contributed by atoms with Crippen molar-refractivity contribution in [1.29, 1.82) is 5.26 Å². The van der Waals surface area contributed by atoms with E-state index in [1.807, 2.05) is 6.07 Å². The first-order chi connectivity index (χ1) is 8.19. The van der Waals surface area contributed by atoms with Gasteiger partial charge >= 0.3 is 0 Å². The van der Waals surface area contributed by atoms with E-state index in [2.05, 4.69) is 11.4 Å². The number of rotatable bonds is 2. The fraction of sp³-hybridized carbons (Fsp3) is 0.462. The summed E-state index contributed by atoms with van der Waals surface area (Å²) in [5.41, 5.74) is 7.35. The largest absolute Gasteiger partial charge is 0.382 e. The van der Waals surface area contributed by atoms with Crippen molar-refractivity contribution in [2.45, 2.75) is 37.8 Å². The Bertz CT molecular complexity index is 431. The molecule has 1 aliphatic rings. The van der Waals surface area contributed by atoms with Crippen molar-refractivity contribution < 1.29 is 0 Å². The Labute approximate surface area is 107 Å². The molecule has 17 heavy (non-hydrogen) atoms. The van der Waals surface area contributed by atoms with Crippen molar-refractivity contribution >= 4 is 17.3 Å². The predicted molar refractivity (Wildman–Crippen MR) is 70.0 cm³/mol. The Morgan fingerprint density at radius 2 is 2.00 bits per heavy atom. The standard InChI is InChI=1S/C13H16ClN3/c14-13-6-5-12(7-9(13)8-15)17-11-3-1-10(16)2-4-11/h5-7,10-11,17H,1-4,16H2. The van der Waals surface area contributed by atoms with E-state index in [1.54, 1.807) is 12.1 Å². The van der Waals surface area contributed by atoms with E-state index in [9.17, 15) is 0 Å². The molecule has 0 bridgehead atoms. The highest BCUT2D eigenvalue weighted by Gasteiger charge is 2.18. The average molecular weight is 250 g/mol. The lowest BCUT2D eigenvalue weighted by Gasteiger charge is -2.27. The molecule has 0 aromatic heterocycles. The van der Waals surface area contributed by atoms with E-state index in [1.165, 1.54) is 0 Å². The summed E-state index contributed by atoms with van der Waals surface area (Å²) in [4.78, 5) is 0. The molecule has 0 radical (unpaired) electrons. The second-order valence-corrected chi connectivity index (χ2v) is 4.97. The Morgan fingerprint density at radius 1 is 1.29 bits per heavy atom. The molecule has 0 amide bonds. The number of halogens is 1. The van der Waals surface area contributed by atoms with Gasteiger partial charge in [-0.1, -0.05) is 11.6 Å². The first-order valence-electron chi connectivity index (χ1n) is 5.91. The number of nitrogens with zero attached hydrogens (tertiary/aromatic N) is 1. The fourth-order valence-corrected chi connectivity index (χ4v) is 2.36. The molecule has 0 heterocycles. The van der Waals surface area contributed by atoms with Gasteiger partial charge in [0, 0.05) is 17.8 Å². The predicted octanol–water partition coefficient (Wildman–Crippen LogP) is 2.89. The normalized spacial score (nSPS) is 24.1. The van der Waals surface area contributed by atoms with Gasteiger partial charge in [-0.3, -0.25) is 0 Å². The molecule has 1 aromatic rings. The molecule has 0 saturated heterocycles. The summed E-state index contributed by atoms with van der Waals surface area (Å²) in [6.45, 7) is 0. The van der Waals surface area contributed by atoms with Gasteiger partial charge in [-0.25, -0.2) is 0 Å². The first-order valence-corrected chi connectivity index (χ1v) is 6.28. The highest BCUT2D eigenvalue weighted by Crippen LogP contribution is 2.24. The first kappa shape index (κ1) is 12.2. The van der Waals surface area contributed by atoms with Gasteiger partial charge in [0.1, 0.15) is 6.07 Å². The molecule has 2 rings (SSSR count). The highest BCUT2D eigenvalue weighted by molar-refractivity contribution is 6.31. The summed E-state index contributed by atoms with van der Waals surface area (Å²) in [5, 5.41) is 12.8. The van der Waals surface area contributed by atoms with Crippen LogP contribution in [0.25, 0.3) is 0 Å². The SMILES string of the molecule is N#Cc1cc(NC2CCC(N)CC2)ccc1Cl. The Balaban J connectivity index is 2.02. The number of nitrogens with two attached hydrogens (primary N) is 1. The summed E-state index contributed by atoms with van der Waals surface area (Å²) < 4.78 is 0. The van der Waals surface area contributed by atoms with E-state index in [0.29, 0.717) is 22.7 Å². The molecule has 1 aromatic carbocycles. The average Bonchev–Trinajstić information content (AvgIpc) is 2.34. The van der Waals surface area contributed by atoms with Gasteiger partial charge in [0.05, 0.1) is 10.6 Å². The van der Waals surface area contributed by atoms with Crippen molar-refractivity contribution in [3.63, 3.8) is 0 Å². The zero-order valence-corrected chi connectivity index (χ0v) is 10.4. The number of hydrogen-bond acceptors (Lipinski definition) is 3. The van der Waals surface area contributed by atoms with Crippen LogP contribution in [0.1, 0.15) is 31.2 Å². The van der Waals surface area contributed by atoms with Crippen LogP contribution in [-0.4, -0.2) is 12.1 Å². The van der Waals surface area contributed by atoms with Crippen LogP contribution in [0.15, 0.2) is 18.2 Å². The van der Waals surface area contributed by atoms with E-state index < -0.39 is 0 Å². The van der Waals surface area contributed by atoms with Crippen molar-refractivity contribution in [1.82, 2.24) is 0 Å². The van der Waals surface area contributed by atoms with Gasteiger partial charge in [0.25, 0.3) is 0 Å². The van der Waals surface area contributed by atoms with E-state index in [4.69, 9.17) is 22.6 Å². The van der Waals surface area contributed by atoms with Crippen LogP contribution < -0.4 is 11.1 Å². The second kappa shape index (κ2) is 5.39. The van der Waals surface area contributed by atoms with Crippen LogP contribution in [0, 0.1) is 11.3 Å². The quantitative estimate of drug-likeness (QED) is 0.847. The smallest absolute Gasteiger partial charge is 0.101 e. The van der Waals surface area contributed by atoms with Crippen molar-refractivity contribution in [2.24, 2.45) is 5.73 Å². The molecule has 0 atom stereocenters. The van der Waals surface area contributed by atoms with Crippen LogP contribution in [-0.2, 0) is 0 Å². The van der Waals surface area contributed by atoms with E-state index >= 15 is 0 Å². The molecule has 1 fully saturated rings. The summed E-state index contributed by atoms with van der Waals surface area (Å²) in [6, 6.07) is 8.38. The van der Waals surface area contributed by atoms with Crippen LogP contribution in [0.4, 0.5) is 5.69 Å². The van der Waals surface area contributed by atoms with E-state index in [0.717, 1.165) is 31.4 Å². The van der Waals surface area contributed by atoms with Gasteiger partial charge < -0.3 is 11.1 Å². The van der Waals surface area contributed by atoms with Crippen molar-refractivity contribution in [3.8, 4) is 6.07 Å². The highest BCUT2D eigenvalue weighted by atomic mass is 35.5. The molecule has 0 unspecified atom stereocenters. The van der Waals surface area contributed by atoms with Gasteiger partial charge in [-0.15, -0.1) is 0 Å². The zero-order valence-electron chi connectivity index (χ0n) is 9.62. The van der Waals surface area contributed by atoms with Gasteiger partial charge in [-0.05, 0) is 43.9 Å². The lowest BCUT2D eigenvalue weighted by molar-refractivity contribution is 0.411. The van der Waals surface area contributed by atoms with Gasteiger partial charge in [0.2, 0.25) is 0 Å². The van der Waals surface area contributed by atoms with Gasteiger partial charge in [-0.2, -0.15) is 5.26 Å². The monoisotopic (exact) mass is 249 g/mol. The number of anilines is 1. The molecule has 3 N–H and O–H groups in total. The van der Waals surface area contributed by atoms with E-state index in [-0.39, 0.29) is 0 Å². The number of benzene rings is 1. The number of hydrogen-bond donors (Lipinski definition) is 2. The molecule has 90 valence electrons. The van der Waals surface area contributed by atoms with Gasteiger partial charge in [0.15, 0.2) is 0 Å². The Hall–Kier alpha value is -1.24. The fourth-order valence-electron chi connectivity index (χ4n) is 2.20. The maximum absolute atomic E-state index is 8.90. The molecule has 0 aliphatic heterocycles. The van der Waals surface area contributed by atoms with Crippen LogP contribution in [0.3, 0.4) is 0 Å². The lowest BCUT2D eigenvalue weighted by Crippen LogP contribution is -2.32. The van der Waals surface area contributed by atoms with Crippen LogP contribution in [0.5, 0.6) is 0 Å². The molecule has 1 saturated carbocycles. The topological polar surface area (TPSA) is 61.8 Å². The summed E-state index contributed by atoms with van der Waals surface area (Å²) in [5.74, 6) is 0. The minimum atomic E-state index is 0.355. The third-order valence-electron chi connectivity index (χ3n) is 3.23. The molecule has 1 aliphatic carbocycles. The number of nitrogens with one attached hydrogen (secondary N) is 1. The maximum Gasteiger partial charge on any atom is 0.101 e.